The number of hydrogen-bond acceptors (Lipinski definition) is 6. The van der Waals surface area contributed by atoms with Crippen molar-refractivity contribution in [3.8, 4) is 0 Å². The number of esters is 1. The third kappa shape index (κ3) is 42.0. The molecule has 0 aromatic carbocycles. The van der Waals surface area contributed by atoms with E-state index in [1.54, 1.807) is 6.26 Å². The summed E-state index contributed by atoms with van der Waals surface area (Å²) in [4.78, 5) is 22.8. The molecule has 0 heterocycles. The number of carbonyl (C=O) groups excluding carboxylic acids is 1. The van der Waals surface area contributed by atoms with E-state index >= 15 is 0 Å². The summed E-state index contributed by atoms with van der Waals surface area (Å²) in [7, 11) is 1.64. The van der Waals surface area contributed by atoms with Crippen LogP contribution in [0.3, 0.4) is 0 Å². The molecule has 0 aromatic heterocycles. The Labute approximate surface area is 334 Å². The molecule has 0 amide bonds. The molecular weight excluding hydrogens is 697 g/mol. The molecule has 0 aliphatic heterocycles. The minimum absolute atomic E-state index is 0.0480. The molecular formula is C45H89NO7P+. The first-order valence-corrected chi connectivity index (χ1v) is 24.1. The van der Waals surface area contributed by atoms with Crippen molar-refractivity contribution >= 4 is 13.8 Å². The van der Waals surface area contributed by atoms with Gasteiger partial charge >= 0.3 is 13.8 Å². The number of unbranched alkanes of at least 4 members (excludes halogenated alkanes) is 26. The first-order valence-electron chi connectivity index (χ1n) is 22.6. The van der Waals surface area contributed by atoms with Gasteiger partial charge in [-0.2, -0.15) is 0 Å². The van der Waals surface area contributed by atoms with E-state index < -0.39 is 13.9 Å². The predicted octanol–water partition coefficient (Wildman–Crippen LogP) is 13.6. The lowest BCUT2D eigenvalue weighted by molar-refractivity contribution is -0.870. The second-order valence-electron chi connectivity index (χ2n) is 16.5. The lowest BCUT2D eigenvalue weighted by Crippen LogP contribution is -2.37. The maximum absolute atomic E-state index is 12.7. The lowest BCUT2D eigenvalue weighted by Gasteiger charge is -2.24. The molecule has 2 atom stereocenters. The molecule has 9 heteroatoms. The molecule has 1 unspecified atom stereocenters. The number of nitrogens with zero attached hydrogens (tertiary/aromatic N) is 1. The fraction of sp³-hybridized carbons (Fsp3) is 0.889. The van der Waals surface area contributed by atoms with Crippen molar-refractivity contribution in [1.82, 2.24) is 0 Å². The molecule has 0 saturated carbocycles. The zero-order chi connectivity index (χ0) is 39.9. The molecule has 8 nitrogen and oxygen atoms in total. The summed E-state index contributed by atoms with van der Waals surface area (Å²) < 4.78 is 34.7. The quantitative estimate of drug-likeness (QED) is 0.0164. The molecule has 0 saturated heterocycles. The number of carbonyl (C=O) groups is 1. The summed E-state index contributed by atoms with van der Waals surface area (Å²) in [6, 6.07) is 0. The fourth-order valence-electron chi connectivity index (χ4n) is 6.28. The SMILES string of the molecule is CCCCCCC/C=C/CCCCCCCC(=O)O[C@H](CO/C=C/CCCCCCCCCCCCCCCCCC)COP(=O)(O)OCC[N+](C)(C)C. The van der Waals surface area contributed by atoms with Gasteiger partial charge in [-0.1, -0.05) is 167 Å². The van der Waals surface area contributed by atoms with E-state index in [1.807, 2.05) is 27.2 Å². The highest BCUT2D eigenvalue weighted by molar-refractivity contribution is 7.47. The summed E-state index contributed by atoms with van der Waals surface area (Å²) in [6.45, 7) is 4.93. The summed E-state index contributed by atoms with van der Waals surface area (Å²) in [5.41, 5.74) is 0. The molecule has 320 valence electrons. The van der Waals surface area contributed by atoms with Crippen LogP contribution in [0.4, 0.5) is 0 Å². The van der Waals surface area contributed by atoms with Crippen molar-refractivity contribution in [3.63, 3.8) is 0 Å². The number of hydrogen-bond donors (Lipinski definition) is 1. The van der Waals surface area contributed by atoms with Crippen LogP contribution in [-0.2, 0) is 27.9 Å². The van der Waals surface area contributed by atoms with Crippen molar-refractivity contribution in [3.05, 3.63) is 24.5 Å². The van der Waals surface area contributed by atoms with E-state index in [-0.39, 0.29) is 25.8 Å². The standard InChI is InChI=1S/C45H88NO7P/c1-6-8-10-12-14-16-18-20-22-23-24-25-27-29-31-33-35-37-40-50-42-44(43-52-54(48,49)51-41-39-46(3,4)5)53-45(47)38-36-34-32-30-28-26-21-19-17-15-13-11-9-7-2/h19,21,37,40,44H,6-18,20,22-36,38-39,41-43H2,1-5H3/p+1/b21-19+,40-37+/t44-/m1/s1. The van der Waals surface area contributed by atoms with Gasteiger partial charge < -0.3 is 18.9 Å². The Morgan fingerprint density at radius 2 is 0.981 bits per heavy atom. The van der Waals surface area contributed by atoms with Crippen LogP contribution in [0.25, 0.3) is 0 Å². The molecule has 0 fully saturated rings. The second-order valence-corrected chi connectivity index (χ2v) is 18.0. The van der Waals surface area contributed by atoms with Crippen LogP contribution in [0, 0.1) is 0 Å². The summed E-state index contributed by atoms with van der Waals surface area (Å²) in [6.07, 6.45) is 44.5. The zero-order valence-corrected chi connectivity index (χ0v) is 37.1. The van der Waals surface area contributed by atoms with Crippen LogP contribution in [0.15, 0.2) is 24.5 Å². The molecule has 0 spiro atoms. The van der Waals surface area contributed by atoms with Gasteiger partial charge in [-0.25, -0.2) is 4.57 Å². The van der Waals surface area contributed by atoms with Crippen LogP contribution in [-0.4, -0.2) is 69.0 Å². The second kappa shape index (κ2) is 38.7. The van der Waals surface area contributed by atoms with Crippen molar-refractivity contribution in [2.45, 2.75) is 213 Å². The summed E-state index contributed by atoms with van der Waals surface area (Å²) in [5, 5.41) is 0. The van der Waals surface area contributed by atoms with Gasteiger partial charge in [0.25, 0.3) is 0 Å². The van der Waals surface area contributed by atoms with Crippen molar-refractivity contribution in [2.75, 3.05) is 47.5 Å². The van der Waals surface area contributed by atoms with Gasteiger partial charge in [0.05, 0.1) is 34.0 Å². The maximum Gasteiger partial charge on any atom is 0.472 e. The number of ether oxygens (including phenoxy) is 2. The van der Waals surface area contributed by atoms with Gasteiger partial charge in [-0.3, -0.25) is 13.8 Å². The van der Waals surface area contributed by atoms with E-state index in [4.69, 9.17) is 18.5 Å². The van der Waals surface area contributed by atoms with Crippen LogP contribution in [0.2, 0.25) is 0 Å². The van der Waals surface area contributed by atoms with Gasteiger partial charge in [0.15, 0.2) is 6.10 Å². The fourth-order valence-corrected chi connectivity index (χ4v) is 7.02. The summed E-state index contributed by atoms with van der Waals surface area (Å²) >= 11 is 0. The number of quaternary nitrogens is 1. The Balaban J connectivity index is 4.25. The third-order valence-corrected chi connectivity index (χ3v) is 10.8. The van der Waals surface area contributed by atoms with Crippen LogP contribution in [0.5, 0.6) is 0 Å². The molecule has 1 N–H and O–H groups in total. The highest BCUT2D eigenvalue weighted by atomic mass is 31.2. The topological polar surface area (TPSA) is 91.3 Å². The molecule has 54 heavy (non-hydrogen) atoms. The molecule has 0 radical (unpaired) electrons. The Hall–Kier alpha value is -1.18. The highest BCUT2D eigenvalue weighted by Crippen LogP contribution is 2.43. The minimum atomic E-state index is -4.29. The monoisotopic (exact) mass is 787 g/mol. The Kier molecular flexibility index (Phi) is 37.8. The molecule has 0 aliphatic carbocycles. The number of rotatable bonds is 42. The zero-order valence-electron chi connectivity index (χ0n) is 36.2. The predicted molar refractivity (Wildman–Crippen MR) is 229 cm³/mol. The number of likely N-dealkylation sites (N-methyl/N-ethyl adjacent to an activating group) is 1. The van der Waals surface area contributed by atoms with E-state index in [0.717, 1.165) is 44.9 Å². The van der Waals surface area contributed by atoms with E-state index in [9.17, 15) is 14.3 Å². The molecule has 0 rings (SSSR count). The Morgan fingerprint density at radius 3 is 1.43 bits per heavy atom. The number of allylic oxidation sites excluding steroid dienone is 3. The van der Waals surface area contributed by atoms with E-state index in [2.05, 4.69) is 26.0 Å². The van der Waals surface area contributed by atoms with Gasteiger partial charge in [-0.05, 0) is 51.0 Å². The van der Waals surface area contributed by atoms with Gasteiger partial charge in [-0.15, -0.1) is 0 Å². The Bertz CT molecular complexity index is 920. The van der Waals surface area contributed by atoms with E-state index in [0.29, 0.717) is 17.4 Å². The van der Waals surface area contributed by atoms with Gasteiger partial charge in [0.1, 0.15) is 19.8 Å². The number of phosphoric acid groups is 1. The molecule has 0 bridgehead atoms. The lowest BCUT2D eigenvalue weighted by atomic mass is 10.0. The van der Waals surface area contributed by atoms with Crippen molar-refractivity contribution in [2.24, 2.45) is 0 Å². The number of phosphoric ester groups is 1. The van der Waals surface area contributed by atoms with Gasteiger partial charge in [0.2, 0.25) is 0 Å². The largest absolute Gasteiger partial charge is 0.498 e. The van der Waals surface area contributed by atoms with E-state index in [1.165, 1.54) is 141 Å². The smallest absolute Gasteiger partial charge is 0.472 e. The molecule has 0 aliphatic rings. The normalized spacial score (nSPS) is 13.9. The first kappa shape index (κ1) is 52.8. The molecule has 0 aromatic rings. The highest BCUT2D eigenvalue weighted by Gasteiger charge is 2.26. The minimum Gasteiger partial charge on any atom is -0.498 e. The van der Waals surface area contributed by atoms with Crippen molar-refractivity contribution in [1.29, 1.82) is 0 Å². The first-order chi connectivity index (χ1) is 26.1. The van der Waals surface area contributed by atoms with Crippen LogP contribution < -0.4 is 0 Å². The van der Waals surface area contributed by atoms with Gasteiger partial charge in [0, 0.05) is 6.42 Å². The average Bonchev–Trinajstić information content (AvgIpc) is 3.12. The van der Waals surface area contributed by atoms with Crippen LogP contribution in [0.1, 0.15) is 206 Å². The van der Waals surface area contributed by atoms with Crippen LogP contribution >= 0.6 is 7.82 Å². The summed E-state index contributed by atoms with van der Waals surface area (Å²) in [5.74, 6) is -0.343. The Morgan fingerprint density at radius 1 is 0.574 bits per heavy atom. The van der Waals surface area contributed by atoms with Crippen molar-refractivity contribution < 1.29 is 37.3 Å². The third-order valence-electron chi connectivity index (χ3n) is 9.83. The maximum atomic E-state index is 12.7. The average molecular weight is 787 g/mol.